The van der Waals surface area contributed by atoms with E-state index in [9.17, 15) is 18.0 Å². The molecule has 11 heteroatoms. The van der Waals surface area contributed by atoms with E-state index >= 15 is 0 Å². The molecule has 0 heterocycles. The minimum Gasteiger partial charge on any atom is -0.493 e. The number of hydrogen-bond acceptors (Lipinski definition) is 6. The Morgan fingerprint density at radius 3 is 2.17 bits per heavy atom. The van der Waals surface area contributed by atoms with Crippen LogP contribution < -0.4 is 19.1 Å². The number of rotatable bonds is 13. The van der Waals surface area contributed by atoms with E-state index < -0.39 is 28.5 Å². The molecule has 2 amide bonds. The summed E-state index contributed by atoms with van der Waals surface area (Å²) in [7, 11) is -1.39. The molecule has 0 aliphatic rings. The van der Waals surface area contributed by atoms with Gasteiger partial charge < -0.3 is 19.7 Å². The van der Waals surface area contributed by atoms with Crippen molar-refractivity contribution in [1.82, 2.24) is 10.2 Å². The predicted molar refractivity (Wildman–Crippen MR) is 160 cm³/mol. The number of nitrogens with one attached hydrogen (secondary N) is 1. The zero-order valence-corrected chi connectivity index (χ0v) is 25.5. The topological polar surface area (TPSA) is 105 Å². The maximum absolute atomic E-state index is 14.0. The first-order valence-electron chi connectivity index (χ1n) is 13.1. The Kier molecular flexibility index (Phi) is 11.0. The lowest BCUT2D eigenvalue weighted by Crippen LogP contribution is -2.51. The second-order valence-corrected chi connectivity index (χ2v) is 11.8. The monoisotopic (exact) mass is 601 g/mol. The second-order valence-electron chi connectivity index (χ2n) is 9.48. The van der Waals surface area contributed by atoms with E-state index in [2.05, 4.69) is 5.32 Å². The summed E-state index contributed by atoms with van der Waals surface area (Å²) in [5, 5.41) is 3.36. The third kappa shape index (κ3) is 7.92. The van der Waals surface area contributed by atoms with Crippen LogP contribution in [0.2, 0.25) is 5.02 Å². The van der Waals surface area contributed by atoms with Crippen LogP contribution in [0.5, 0.6) is 11.5 Å². The Bertz CT molecular complexity index is 1450. The first kappa shape index (κ1) is 31.8. The summed E-state index contributed by atoms with van der Waals surface area (Å²) in [6.07, 6.45) is 0.731. The van der Waals surface area contributed by atoms with Crippen molar-refractivity contribution >= 4 is 39.1 Å². The summed E-state index contributed by atoms with van der Waals surface area (Å²) >= 11 is 6.04. The smallest absolute Gasteiger partial charge is 0.264 e. The van der Waals surface area contributed by atoms with Crippen molar-refractivity contribution in [2.45, 2.75) is 44.7 Å². The van der Waals surface area contributed by atoms with Gasteiger partial charge in [-0.2, -0.15) is 0 Å². The van der Waals surface area contributed by atoms with Gasteiger partial charge in [0.15, 0.2) is 11.5 Å². The van der Waals surface area contributed by atoms with E-state index in [0.717, 1.165) is 21.9 Å². The highest BCUT2D eigenvalue weighted by Gasteiger charge is 2.33. The van der Waals surface area contributed by atoms with Crippen molar-refractivity contribution in [3.8, 4) is 11.5 Å². The van der Waals surface area contributed by atoms with Crippen molar-refractivity contribution in [3.05, 3.63) is 82.9 Å². The zero-order valence-electron chi connectivity index (χ0n) is 23.9. The van der Waals surface area contributed by atoms with Crippen LogP contribution in [-0.2, 0) is 26.2 Å². The quantitative estimate of drug-likeness (QED) is 0.302. The fraction of sp³-hybridized carbons (Fsp3) is 0.333. The Balaban J connectivity index is 2.05. The first-order valence-corrected chi connectivity index (χ1v) is 15.0. The largest absolute Gasteiger partial charge is 0.493 e. The van der Waals surface area contributed by atoms with E-state index in [0.29, 0.717) is 23.0 Å². The summed E-state index contributed by atoms with van der Waals surface area (Å²) in [5.74, 6) is -0.290. The van der Waals surface area contributed by atoms with E-state index in [1.165, 1.54) is 37.3 Å². The van der Waals surface area contributed by atoms with Gasteiger partial charge in [-0.05, 0) is 62.2 Å². The number of halogens is 1. The SMILES string of the molecule is CCCNC(=O)[C@@H](C)N(Cc1ccc(Cl)cc1)C(=O)CN(c1ccc(C)cc1)S(=O)(=O)c1ccc(OC)c(OC)c1. The molecule has 1 N–H and O–H groups in total. The molecule has 0 saturated heterocycles. The molecule has 3 aromatic carbocycles. The Morgan fingerprint density at radius 2 is 1.59 bits per heavy atom. The van der Waals surface area contributed by atoms with Crippen molar-refractivity contribution in [1.29, 1.82) is 0 Å². The number of methoxy groups -OCH3 is 2. The average Bonchev–Trinajstić information content (AvgIpc) is 2.97. The lowest BCUT2D eigenvalue weighted by atomic mass is 10.1. The van der Waals surface area contributed by atoms with Gasteiger partial charge in [-0.25, -0.2) is 8.42 Å². The third-order valence-corrected chi connectivity index (χ3v) is 8.55. The molecular weight excluding hydrogens is 566 g/mol. The predicted octanol–water partition coefficient (Wildman–Crippen LogP) is 4.80. The molecule has 0 bridgehead atoms. The van der Waals surface area contributed by atoms with Gasteiger partial charge in [0.1, 0.15) is 12.6 Å². The molecule has 0 aliphatic carbocycles. The first-order chi connectivity index (χ1) is 19.5. The summed E-state index contributed by atoms with van der Waals surface area (Å²) in [6, 6.07) is 17.1. The molecule has 3 rings (SSSR count). The molecular formula is C30H36ClN3O6S. The number of anilines is 1. The third-order valence-electron chi connectivity index (χ3n) is 6.53. The van der Waals surface area contributed by atoms with Crippen LogP contribution in [-0.4, -0.2) is 58.5 Å². The minimum atomic E-state index is -4.26. The van der Waals surface area contributed by atoms with Crippen LogP contribution >= 0.6 is 11.6 Å². The molecule has 0 aromatic heterocycles. The van der Waals surface area contributed by atoms with E-state index in [-0.39, 0.29) is 23.1 Å². The molecule has 0 spiro atoms. The number of benzene rings is 3. The Labute approximate surface area is 247 Å². The van der Waals surface area contributed by atoms with Crippen molar-refractivity contribution in [3.63, 3.8) is 0 Å². The van der Waals surface area contributed by atoms with Gasteiger partial charge in [-0.1, -0.05) is 48.4 Å². The molecule has 9 nitrogen and oxygen atoms in total. The van der Waals surface area contributed by atoms with Gasteiger partial charge in [-0.15, -0.1) is 0 Å². The lowest BCUT2D eigenvalue weighted by molar-refractivity contribution is -0.139. The molecule has 3 aromatic rings. The molecule has 220 valence electrons. The highest BCUT2D eigenvalue weighted by molar-refractivity contribution is 7.92. The van der Waals surface area contributed by atoms with Crippen LogP contribution in [0.4, 0.5) is 5.69 Å². The summed E-state index contributed by atoms with van der Waals surface area (Å²) in [5.41, 5.74) is 1.96. The summed E-state index contributed by atoms with van der Waals surface area (Å²) in [6.45, 7) is 5.42. The van der Waals surface area contributed by atoms with Crippen molar-refractivity contribution < 1.29 is 27.5 Å². The molecule has 1 atom stereocenters. The number of aryl methyl sites for hydroxylation is 1. The van der Waals surface area contributed by atoms with Gasteiger partial charge in [-0.3, -0.25) is 13.9 Å². The number of carbonyl (C=O) groups excluding carboxylic acids is 2. The molecule has 41 heavy (non-hydrogen) atoms. The van der Waals surface area contributed by atoms with Crippen molar-refractivity contribution in [2.24, 2.45) is 0 Å². The van der Waals surface area contributed by atoms with Gasteiger partial charge in [0.2, 0.25) is 11.8 Å². The standard InChI is InChI=1S/C30H36ClN3O6S/c1-6-17-32-30(36)22(3)33(19-23-9-11-24(31)12-10-23)29(35)20-34(25-13-7-21(2)8-14-25)41(37,38)26-15-16-27(39-4)28(18-26)40-5/h7-16,18,22H,6,17,19-20H2,1-5H3,(H,32,36)/t22-/m1/s1. The second kappa shape index (κ2) is 14.2. The van der Waals surface area contributed by atoms with Crippen LogP contribution in [0.3, 0.4) is 0 Å². The zero-order chi connectivity index (χ0) is 30.2. The average molecular weight is 602 g/mol. The number of sulfonamides is 1. The minimum absolute atomic E-state index is 0.0782. The molecule has 0 aliphatic heterocycles. The van der Waals surface area contributed by atoms with E-state index in [1.54, 1.807) is 55.5 Å². The normalized spacial score (nSPS) is 11.9. The Hall–Kier alpha value is -3.76. The number of ether oxygens (including phenoxy) is 2. The lowest BCUT2D eigenvalue weighted by Gasteiger charge is -2.32. The fourth-order valence-electron chi connectivity index (χ4n) is 4.11. The Morgan fingerprint density at radius 1 is 0.951 bits per heavy atom. The van der Waals surface area contributed by atoms with Gasteiger partial charge in [0.25, 0.3) is 10.0 Å². The number of nitrogens with zero attached hydrogens (tertiary/aromatic N) is 2. The summed E-state index contributed by atoms with van der Waals surface area (Å²) < 4.78 is 39.7. The van der Waals surface area contributed by atoms with Gasteiger partial charge in [0.05, 0.1) is 24.8 Å². The fourth-order valence-corrected chi connectivity index (χ4v) is 5.67. The van der Waals surface area contributed by atoms with E-state index in [1.807, 2.05) is 13.8 Å². The maximum Gasteiger partial charge on any atom is 0.264 e. The molecule has 0 unspecified atom stereocenters. The number of amides is 2. The van der Waals surface area contributed by atoms with Crippen LogP contribution in [0.15, 0.2) is 71.6 Å². The van der Waals surface area contributed by atoms with Crippen LogP contribution in [0.1, 0.15) is 31.4 Å². The molecule has 0 radical (unpaired) electrons. The van der Waals surface area contributed by atoms with Crippen LogP contribution in [0, 0.1) is 6.92 Å². The number of carbonyl (C=O) groups is 2. The number of hydrogen-bond donors (Lipinski definition) is 1. The highest BCUT2D eigenvalue weighted by Crippen LogP contribution is 2.32. The summed E-state index contributed by atoms with van der Waals surface area (Å²) in [4.78, 5) is 28.2. The van der Waals surface area contributed by atoms with Gasteiger partial charge in [0, 0.05) is 24.2 Å². The van der Waals surface area contributed by atoms with Gasteiger partial charge >= 0.3 is 0 Å². The van der Waals surface area contributed by atoms with Crippen LogP contribution in [0.25, 0.3) is 0 Å². The van der Waals surface area contributed by atoms with E-state index in [4.69, 9.17) is 21.1 Å². The molecule has 0 fully saturated rings. The maximum atomic E-state index is 14.0. The highest BCUT2D eigenvalue weighted by atomic mass is 35.5. The van der Waals surface area contributed by atoms with Crippen molar-refractivity contribution in [2.75, 3.05) is 31.6 Å². The molecule has 0 saturated carbocycles.